The maximum absolute atomic E-state index is 12.2. The van der Waals surface area contributed by atoms with Crippen molar-refractivity contribution in [3.63, 3.8) is 0 Å². The van der Waals surface area contributed by atoms with Gasteiger partial charge in [-0.25, -0.2) is 0 Å². The molecule has 1 amide bonds. The molecule has 2 aromatic rings. The van der Waals surface area contributed by atoms with Gasteiger partial charge in [0.2, 0.25) is 5.91 Å². The Hall–Kier alpha value is -3.02. The topological polar surface area (TPSA) is 46.6 Å². The van der Waals surface area contributed by atoms with E-state index >= 15 is 0 Å². The van der Waals surface area contributed by atoms with Gasteiger partial charge in [0.25, 0.3) is 0 Å². The number of hydrogen-bond acceptors (Lipinski definition) is 3. The SMILES string of the molecule is O=C(/C=C\c1ccc(OC(F)F)cc1)c1ccc(N2CCCC2=O)cc1. The van der Waals surface area contributed by atoms with Gasteiger partial charge in [0.15, 0.2) is 5.78 Å². The van der Waals surface area contributed by atoms with E-state index in [4.69, 9.17) is 0 Å². The van der Waals surface area contributed by atoms with Crippen LogP contribution in [0.5, 0.6) is 5.75 Å². The third kappa shape index (κ3) is 4.33. The number of nitrogens with zero attached hydrogens (tertiary/aromatic N) is 1. The van der Waals surface area contributed by atoms with Gasteiger partial charge in [0.05, 0.1) is 0 Å². The van der Waals surface area contributed by atoms with E-state index in [1.54, 1.807) is 47.4 Å². The van der Waals surface area contributed by atoms with Crippen molar-refractivity contribution < 1.29 is 23.1 Å². The van der Waals surface area contributed by atoms with Crippen LogP contribution >= 0.6 is 0 Å². The predicted molar refractivity (Wildman–Crippen MR) is 94.5 cm³/mol. The van der Waals surface area contributed by atoms with Gasteiger partial charge in [-0.2, -0.15) is 8.78 Å². The predicted octanol–water partition coefficient (Wildman–Crippen LogP) is 4.31. The van der Waals surface area contributed by atoms with E-state index in [0.717, 1.165) is 12.1 Å². The summed E-state index contributed by atoms with van der Waals surface area (Å²) in [6.07, 6.45) is 4.43. The van der Waals surface area contributed by atoms with E-state index < -0.39 is 6.61 Å². The molecule has 0 unspecified atom stereocenters. The molecule has 4 nitrogen and oxygen atoms in total. The molecule has 0 atom stereocenters. The average molecular weight is 357 g/mol. The van der Waals surface area contributed by atoms with Crippen LogP contribution in [0.3, 0.4) is 0 Å². The van der Waals surface area contributed by atoms with Gasteiger partial charge >= 0.3 is 6.61 Å². The standard InChI is InChI=1S/C20H17F2NO3/c21-20(22)26-17-10-3-14(4-11-17)5-12-18(24)15-6-8-16(9-7-15)23-13-1-2-19(23)25/h3-12,20H,1-2,13H2/b12-5-. The summed E-state index contributed by atoms with van der Waals surface area (Å²) in [7, 11) is 0. The smallest absolute Gasteiger partial charge is 0.387 e. The van der Waals surface area contributed by atoms with E-state index in [1.807, 2.05) is 0 Å². The number of anilines is 1. The molecule has 0 bridgehead atoms. The number of alkyl halides is 2. The number of carbonyl (C=O) groups is 2. The van der Waals surface area contributed by atoms with Crippen LogP contribution in [0.4, 0.5) is 14.5 Å². The summed E-state index contributed by atoms with van der Waals surface area (Å²) < 4.78 is 28.5. The number of ether oxygens (including phenoxy) is 1. The number of hydrogen-bond donors (Lipinski definition) is 0. The van der Waals surface area contributed by atoms with Crippen molar-refractivity contribution >= 4 is 23.5 Å². The van der Waals surface area contributed by atoms with Crippen molar-refractivity contribution in [1.29, 1.82) is 0 Å². The molecule has 0 radical (unpaired) electrons. The number of carbonyl (C=O) groups excluding carboxylic acids is 2. The van der Waals surface area contributed by atoms with Crippen molar-refractivity contribution in [1.82, 2.24) is 0 Å². The monoisotopic (exact) mass is 357 g/mol. The molecule has 1 aliphatic rings. The van der Waals surface area contributed by atoms with Crippen LogP contribution in [-0.2, 0) is 4.79 Å². The third-order valence-electron chi connectivity index (χ3n) is 4.07. The Labute approximate surface area is 149 Å². The summed E-state index contributed by atoms with van der Waals surface area (Å²) in [6.45, 7) is -2.16. The van der Waals surface area contributed by atoms with Crippen LogP contribution in [0, 0.1) is 0 Å². The fourth-order valence-corrected chi connectivity index (χ4v) is 2.76. The molecule has 0 N–H and O–H groups in total. The van der Waals surface area contributed by atoms with E-state index in [2.05, 4.69) is 4.74 Å². The molecule has 26 heavy (non-hydrogen) atoms. The van der Waals surface area contributed by atoms with Gasteiger partial charge in [-0.1, -0.05) is 18.2 Å². The summed E-state index contributed by atoms with van der Waals surface area (Å²) >= 11 is 0. The number of ketones is 1. The quantitative estimate of drug-likeness (QED) is 0.572. The third-order valence-corrected chi connectivity index (χ3v) is 4.07. The Morgan fingerprint density at radius 1 is 1.08 bits per heavy atom. The lowest BCUT2D eigenvalue weighted by Gasteiger charge is -2.15. The Balaban J connectivity index is 1.64. The number of benzene rings is 2. The van der Waals surface area contributed by atoms with Crippen molar-refractivity contribution in [3.05, 3.63) is 65.7 Å². The summed E-state index contributed by atoms with van der Waals surface area (Å²) in [6, 6.07) is 12.9. The Morgan fingerprint density at radius 3 is 2.35 bits per heavy atom. The fourth-order valence-electron chi connectivity index (χ4n) is 2.76. The molecule has 6 heteroatoms. The van der Waals surface area contributed by atoms with Crippen LogP contribution in [0.1, 0.15) is 28.8 Å². The largest absolute Gasteiger partial charge is 0.435 e. The molecule has 1 saturated heterocycles. The van der Waals surface area contributed by atoms with Crippen molar-refractivity contribution in [2.24, 2.45) is 0 Å². The zero-order chi connectivity index (χ0) is 18.5. The van der Waals surface area contributed by atoms with Crippen LogP contribution in [0.15, 0.2) is 54.6 Å². The van der Waals surface area contributed by atoms with Gasteiger partial charge in [-0.05, 0) is 54.5 Å². The molecule has 1 aliphatic heterocycles. The first-order chi connectivity index (χ1) is 12.5. The highest BCUT2D eigenvalue weighted by molar-refractivity contribution is 6.07. The van der Waals surface area contributed by atoms with Crippen LogP contribution in [-0.4, -0.2) is 24.8 Å². The molecule has 1 fully saturated rings. The Morgan fingerprint density at radius 2 is 1.77 bits per heavy atom. The molecule has 0 spiro atoms. The van der Waals surface area contributed by atoms with E-state index in [0.29, 0.717) is 24.1 Å². The second-order valence-electron chi connectivity index (χ2n) is 5.84. The lowest BCUT2D eigenvalue weighted by molar-refractivity contribution is -0.117. The molecule has 0 aromatic heterocycles. The average Bonchev–Trinajstić information content (AvgIpc) is 3.06. The number of amides is 1. The summed E-state index contributed by atoms with van der Waals surface area (Å²) in [4.78, 5) is 25.7. The molecule has 0 aliphatic carbocycles. The maximum Gasteiger partial charge on any atom is 0.387 e. The normalized spacial score (nSPS) is 14.4. The maximum atomic E-state index is 12.2. The molecule has 1 heterocycles. The van der Waals surface area contributed by atoms with Crippen molar-refractivity contribution in [2.45, 2.75) is 19.5 Å². The molecule has 3 rings (SSSR count). The second kappa shape index (κ2) is 7.91. The van der Waals surface area contributed by atoms with Gasteiger partial charge in [0, 0.05) is 24.2 Å². The molecule has 134 valence electrons. The number of rotatable bonds is 6. The number of halogens is 2. The van der Waals surface area contributed by atoms with Gasteiger partial charge in [0.1, 0.15) is 5.75 Å². The van der Waals surface area contributed by atoms with Crippen LogP contribution < -0.4 is 9.64 Å². The van der Waals surface area contributed by atoms with Gasteiger partial charge in [-0.3, -0.25) is 9.59 Å². The lowest BCUT2D eigenvalue weighted by atomic mass is 10.1. The van der Waals surface area contributed by atoms with E-state index in [9.17, 15) is 18.4 Å². The van der Waals surface area contributed by atoms with Crippen LogP contribution in [0.25, 0.3) is 6.08 Å². The van der Waals surface area contributed by atoms with Crippen LogP contribution in [0.2, 0.25) is 0 Å². The first-order valence-electron chi connectivity index (χ1n) is 8.20. The van der Waals surface area contributed by atoms with E-state index in [1.165, 1.54) is 18.2 Å². The molecular weight excluding hydrogens is 340 g/mol. The first-order valence-corrected chi connectivity index (χ1v) is 8.20. The second-order valence-corrected chi connectivity index (χ2v) is 5.84. The van der Waals surface area contributed by atoms with Crippen molar-refractivity contribution in [3.8, 4) is 5.75 Å². The Kier molecular flexibility index (Phi) is 5.41. The number of allylic oxidation sites excluding steroid dienone is 1. The highest BCUT2D eigenvalue weighted by Gasteiger charge is 2.21. The minimum absolute atomic E-state index is 0.0653. The lowest BCUT2D eigenvalue weighted by Crippen LogP contribution is -2.23. The minimum Gasteiger partial charge on any atom is -0.435 e. The van der Waals surface area contributed by atoms with E-state index in [-0.39, 0.29) is 17.4 Å². The van der Waals surface area contributed by atoms with Crippen molar-refractivity contribution in [2.75, 3.05) is 11.4 Å². The van der Waals surface area contributed by atoms with Gasteiger partial charge in [-0.15, -0.1) is 0 Å². The van der Waals surface area contributed by atoms with Gasteiger partial charge < -0.3 is 9.64 Å². The molecule has 2 aromatic carbocycles. The highest BCUT2D eigenvalue weighted by Crippen LogP contribution is 2.22. The zero-order valence-corrected chi connectivity index (χ0v) is 13.9. The Bertz CT molecular complexity index is 814. The zero-order valence-electron chi connectivity index (χ0n) is 13.9. The first kappa shape index (κ1) is 17.8. The minimum atomic E-state index is -2.86. The highest BCUT2D eigenvalue weighted by atomic mass is 19.3. The summed E-state index contributed by atoms with van der Waals surface area (Å²) in [5.41, 5.74) is 2.00. The summed E-state index contributed by atoms with van der Waals surface area (Å²) in [5, 5.41) is 0. The molecule has 0 saturated carbocycles. The molecular formula is C20H17F2NO3. The summed E-state index contributed by atoms with van der Waals surface area (Å²) in [5.74, 6) is -0.0176. The fraction of sp³-hybridized carbons (Fsp3) is 0.200.